The second kappa shape index (κ2) is 7.26. The molecule has 0 aliphatic heterocycles. The Morgan fingerprint density at radius 2 is 1.74 bits per heavy atom. The maximum absolute atomic E-state index is 12.9. The minimum absolute atomic E-state index is 0.172. The fourth-order valence-electron chi connectivity index (χ4n) is 2.53. The Kier molecular flexibility index (Phi) is 5.79. The van der Waals surface area contributed by atoms with Crippen LogP contribution < -0.4 is 5.73 Å². The molecule has 0 bridgehead atoms. The van der Waals surface area contributed by atoms with Crippen LogP contribution >= 0.6 is 15.9 Å². The highest BCUT2D eigenvalue weighted by molar-refractivity contribution is 9.10. The van der Waals surface area contributed by atoms with E-state index in [4.69, 9.17) is 5.73 Å². The summed E-state index contributed by atoms with van der Waals surface area (Å²) in [6, 6.07) is 15.7. The minimum atomic E-state index is -1.17. The molecule has 0 aromatic heterocycles. The van der Waals surface area contributed by atoms with Crippen molar-refractivity contribution < 1.29 is 4.55 Å². The van der Waals surface area contributed by atoms with Crippen LogP contribution in [0.3, 0.4) is 0 Å². The van der Waals surface area contributed by atoms with Crippen molar-refractivity contribution in [3.63, 3.8) is 0 Å². The van der Waals surface area contributed by atoms with Crippen LogP contribution in [0.5, 0.6) is 0 Å². The summed E-state index contributed by atoms with van der Waals surface area (Å²) in [7, 11) is 1.89. The van der Waals surface area contributed by atoms with Crippen LogP contribution in [-0.4, -0.2) is 20.7 Å². The van der Waals surface area contributed by atoms with Gasteiger partial charge in [-0.2, -0.15) is 0 Å². The van der Waals surface area contributed by atoms with Crippen molar-refractivity contribution in [1.29, 1.82) is 0 Å². The van der Waals surface area contributed by atoms with Crippen molar-refractivity contribution in [1.82, 2.24) is 4.31 Å². The van der Waals surface area contributed by atoms with E-state index in [2.05, 4.69) is 15.9 Å². The van der Waals surface area contributed by atoms with Crippen molar-refractivity contribution in [2.75, 3.05) is 12.8 Å². The lowest BCUT2D eigenvalue weighted by Crippen LogP contribution is -2.43. The summed E-state index contributed by atoms with van der Waals surface area (Å²) in [4.78, 5) is 0. The van der Waals surface area contributed by atoms with Gasteiger partial charge in [0.1, 0.15) is 10.8 Å². The molecular formula is C18H23BrN2OS. The number of nitrogens with two attached hydrogens (primary N) is 1. The van der Waals surface area contributed by atoms with Crippen molar-refractivity contribution in [3.8, 4) is 0 Å². The molecule has 2 atom stereocenters. The van der Waals surface area contributed by atoms with Crippen molar-refractivity contribution in [3.05, 3.63) is 64.1 Å². The van der Waals surface area contributed by atoms with E-state index >= 15 is 0 Å². The first kappa shape index (κ1) is 18.3. The summed E-state index contributed by atoms with van der Waals surface area (Å²) in [5.74, 6) is 0. The molecule has 0 saturated carbocycles. The first-order chi connectivity index (χ1) is 10.7. The van der Waals surface area contributed by atoms with Crippen LogP contribution in [0, 0.1) is 0 Å². The van der Waals surface area contributed by atoms with E-state index in [9.17, 15) is 4.55 Å². The zero-order valence-corrected chi connectivity index (χ0v) is 16.3. The Morgan fingerprint density at radius 1 is 1.13 bits per heavy atom. The number of hydrogen-bond acceptors (Lipinski definition) is 3. The van der Waals surface area contributed by atoms with Gasteiger partial charge in [-0.15, -0.1) is 4.31 Å². The van der Waals surface area contributed by atoms with Gasteiger partial charge in [-0.3, -0.25) is 0 Å². The van der Waals surface area contributed by atoms with Gasteiger partial charge in [0.15, 0.2) is 0 Å². The smallest absolute Gasteiger partial charge is 0.137 e. The lowest BCUT2D eigenvalue weighted by molar-refractivity contribution is 0.400. The highest BCUT2D eigenvalue weighted by atomic mass is 79.9. The standard InChI is InChI=1S/C18H23BrN2OS/c1-18(2,3)23(22)21(4)17(13-8-6-5-7-9-13)15-12-14(19)10-11-16(15)20/h5-12,17H,20H2,1-4H3/t17?,23-/m1/s1. The lowest BCUT2D eigenvalue weighted by Gasteiger charge is -2.35. The average molecular weight is 395 g/mol. The predicted molar refractivity (Wildman–Crippen MR) is 102 cm³/mol. The number of benzene rings is 2. The summed E-state index contributed by atoms with van der Waals surface area (Å²) in [6.07, 6.45) is 0. The van der Waals surface area contributed by atoms with Crippen molar-refractivity contribution in [2.45, 2.75) is 31.6 Å². The molecule has 0 fully saturated rings. The molecule has 0 aliphatic carbocycles. The van der Waals surface area contributed by atoms with E-state index < -0.39 is 11.4 Å². The predicted octanol–water partition coefficient (Wildman–Crippen LogP) is 4.51. The molecule has 5 heteroatoms. The van der Waals surface area contributed by atoms with E-state index in [1.165, 1.54) is 0 Å². The largest absolute Gasteiger partial charge is 0.597 e. The molecule has 3 nitrogen and oxygen atoms in total. The third kappa shape index (κ3) is 4.29. The molecule has 0 heterocycles. The number of rotatable bonds is 4. The molecule has 2 aromatic rings. The van der Waals surface area contributed by atoms with E-state index in [1.807, 2.05) is 80.7 Å². The molecule has 0 spiro atoms. The van der Waals surface area contributed by atoms with Crippen LogP contribution in [0.1, 0.15) is 37.9 Å². The van der Waals surface area contributed by atoms with Gasteiger partial charge in [0.05, 0.1) is 0 Å². The van der Waals surface area contributed by atoms with Gasteiger partial charge < -0.3 is 10.3 Å². The maximum atomic E-state index is 12.9. The van der Waals surface area contributed by atoms with Crippen LogP contribution in [0.15, 0.2) is 53.0 Å². The normalized spacial score (nSPS) is 14.7. The number of anilines is 1. The topological polar surface area (TPSA) is 52.3 Å². The van der Waals surface area contributed by atoms with Crippen molar-refractivity contribution in [2.24, 2.45) is 0 Å². The Balaban J connectivity index is 2.55. The number of nitrogen functional groups attached to an aromatic ring is 1. The van der Waals surface area contributed by atoms with Gasteiger partial charge in [-0.25, -0.2) is 0 Å². The quantitative estimate of drug-likeness (QED) is 0.612. The highest BCUT2D eigenvalue weighted by Gasteiger charge is 2.37. The van der Waals surface area contributed by atoms with Gasteiger partial charge in [-0.05, 0) is 44.5 Å². The first-order valence-corrected chi connectivity index (χ1v) is 9.36. The van der Waals surface area contributed by atoms with Gasteiger partial charge >= 0.3 is 0 Å². The fraction of sp³-hybridized carbons (Fsp3) is 0.333. The average Bonchev–Trinajstić information content (AvgIpc) is 2.50. The second-order valence-electron chi connectivity index (χ2n) is 6.49. The zero-order valence-electron chi connectivity index (χ0n) is 13.9. The van der Waals surface area contributed by atoms with Crippen LogP contribution in [-0.2, 0) is 11.4 Å². The zero-order chi connectivity index (χ0) is 17.2. The molecule has 0 saturated heterocycles. The SMILES string of the molecule is CN(C(c1ccccc1)c1cc(Br)ccc1N)[S@+]([O-])C(C)(C)C. The maximum Gasteiger partial charge on any atom is 0.137 e. The lowest BCUT2D eigenvalue weighted by atomic mass is 9.97. The molecule has 2 aromatic carbocycles. The third-order valence-electron chi connectivity index (χ3n) is 3.61. The fourth-order valence-corrected chi connectivity index (χ4v) is 4.20. The Hall–Kier alpha value is -1.01. The number of hydrogen-bond donors (Lipinski definition) is 1. The number of halogens is 1. The Morgan fingerprint density at radius 3 is 2.30 bits per heavy atom. The molecule has 23 heavy (non-hydrogen) atoms. The minimum Gasteiger partial charge on any atom is -0.597 e. The van der Waals surface area contributed by atoms with E-state index in [-0.39, 0.29) is 10.8 Å². The molecule has 1 unspecified atom stereocenters. The molecular weight excluding hydrogens is 372 g/mol. The van der Waals surface area contributed by atoms with Crippen LogP contribution in [0.2, 0.25) is 0 Å². The molecule has 0 aliphatic rings. The molecule has 0 amide bonds. The molecule has 124 valence electrons. The molecule has 2 N–H and O–H groups in total. The highest BCUT2D eigenvalue weighted by Crippen LogP contribution is 2.37. The summed E-state index contributed by atoms with van der Waals surface area (Å²) in [5, 5.41) is 0. The molecule has 0 radical (unpaired) electrons. The van der Waals surface area contributed by atoms with Crippen LogP contribution in [0.25, 0.3) is 0 Å². The monoisotopic (exact) mass is 394 g/mol. The Labute approximate surface area is 150 Å². The third-order valence-corrected chi connectivity index (χ3v) is 5.88. The van der Waals surface area contributed by atoms with E-state index in [0.29, 0.717) is 5.69 Å². The van der Waals surface area contributed by atoms with Gasteiger partial charge in [-0.1, -0.05) is 46.3 Å². The van der Waals surface area contributed by atoms with Gasteiger partial charge in [0, 0.05) is 34.1 Å². The summed E-state index contributed by atoms with van der Waals surface area (Å²) in [6.45, 7) is 5.93. The van der Waals surface area contributed by atoms with Crippen molar-refractivity contribution >= 4 is 33.0 Å². The van der Waals surface area contributed by atoms with E-state index in [0.717, 1.165) is 15.6 Å². The Bertz CT molecular complexity index is 658. The van der Waals surface area contributed by atoms with Gasteiger partial charge in [0.2, 0.25) is 0 Å². The summed E-state index contributed by atoms with van der Waals surface area (Å²) in [5.41, 5.74) is 8.94. The summed E-state index contributed by atoms with van der Waals surface area (Å²) < 4.78 is 15.4. The van der Waals surface area contributed by atoms with Gasteiger partial charge in [0.25, 0.3) is 0 Å². The second-order valence-corrected chi connectivity index (χ2v) is 9.71. The first-order valence-electron chi connectivity index (χ1n) is 7.46. The summed E-state index contributed by atoms with van der Waals surface area (Å²) >= 11 is 2.35. The van der Waals surface area contributed by atoms with E-state index in [1.54, 1.807) is 0 Å². The number of nitrogens with zero attached hydrogens (tertiary/aromatic N) is 1. The molecule has 2 rings (SSSR count). The van der Waals surface area contributed by atoms with Crippen LogP contribution in [0.4, 0.5) is 5.69 Å².